The molecule has 2 aromatic rings. The maximum atomic E-state index is 13.8. The fourth-order valence-corrected chi connectivity index (χ4v) is 3.87. The molecule has 0 aliphatic rings. The zero-order valence-electron chi connectivity index (χ0n) is 11.8. The lowest BCUT2D eigenvalue weighted by molar-refractivity contribution is 0.541. The molecule has 0 spiro atoms. The molecule has 2 rings (SSSR count). The summed E-state index contributed by atoms with van der Waals surface area (Å²) in [5.41, 5.74) is 7.38. The number of aryl methyl sites for hydroxylation is 2. The number of aromatic nitrogens is 2. The van der Waals surface area contributed by atoms with Gasteiger partial charge in [-0.05, 0) is 41.4 Å². The van der Waals surface area contributed by atoms with Gasteiger partial charge in [0.05, 0.1) is 20.8 Å². The van der Waals surface area contributed by atoms with Gasteiger partial charge in [0.15, 0.2) is 0 Å². The van der Waals surface area contributed by atoms with E-state index in [2.05, 4.69) is 21.0 Å². The van der Waals surface area contributed by atoms with Crippen LogP contribution in [0.4, 0.5) is 14.5 Å². The fourth-order valence-electron chi connectivity index (χ4n) is 2.01. The van der Waals surface area contributed by atoms with Gasteiger partial charge in [-0.1, -0.05) is 6.92 Å². The van der Waals surface area contributed by atoms with Crippen molar-refractivity contribution in [3.8, 4) is 0 Å². The summed E-state index contributed by atoms with van der Waals surface area (Å²) in [6.07, 6.45) is 0.801. The number of hydrogen-bond acceptors (Lipinski definition) is 3. The van der Waals surface area contributed by atoms with Gasteiger partial charge in [0, 0.05) is 18.0 Å². The maximum Gasteiger partial charge on any atom is 0.141 e. The molecule has 0 bridgehead atoms. The molecule has 21 heavy (non-hydrogen) atoms. The fraction of sp³-hybridized carbons (Fsp3) is 0.357. The monoisotopic (exact) mass is 375 g/mol. The smallest absolute Gasteiger partial charge is 0.141 e. The zero-order valence-corrected chi connectivity index (χ0v) is 14.2. The molecule has 1 aromatic heterocycles. The number of halogens is 3. The highest BCUT2D eigenvalue weighted by molar-refractivity contribution is 9.10. The van der Waals surface area contributed by atoms with Gasteiger partial charge in [0.25, 0.3) is 0 Å². The molecule has 1 aromatic carbocycles. The minimum Gasteiger partial charge on any atom is -0.399 e. The van der Waals surface area contributed by atoms with Crippen LogP contribution in [0.25, 0.3) is 0 Å². The molecule has 0 unspecified atom stereocenters. The number of rotatable bonds is 5. The molecule has 0 amide bonds. The van der Waals surface area contributed by atoms with Crippen LogP contribution >= 0.6 is 27.7 Å². The Balaban J connectivity index is 2.26. The predicted octanol–water partition coefficient (Wildman–Crippen LogP) is 4.38. The molecule has 114 valence electrons. The van der Waals surface area contributed by atoms with Gasteiger partial charge >= 0.3 is 0 Å². The quantitative estimate of drug-likeness (QED) is 0.622. The molecule has 0 aliphatic heterocycles. The number of anilines is 1. The van der Waals surface area contributed by atoms with Crippen LogP contribution in [-0.4, -0.2) is 9.78 Å². The van der Waals surface area contributed by atoms with E-state index in [1.54, 1.807) is 0 Å². The summed E-state index contributed by atoms with van der Waals surface area (Å²) < 4.78 is 30.3. The first kappa shape index (κ1) is 16.3. The Hall–Kier alpha value is -1.08. The number of hydrogen-bond donors (Lipinski definition) is 1. The van der Waals surface area contributed by atoms with Crippen LogP contribution in [0, 0.1) is 11.6 Å². The lowest BCUT2D eigenvalue weighted by Crippen LogP contribution is -2.02. The number of nitrogen functional groups attached to an aromatic ring is 1. The molecule has 1 heterocycles. The molecule has 0 atom stereocenters. The van der Waals surface area contributed by atoms with Crippen molar-refractivity contribution in [1.29, 1.82) is 0 Å². The maximum absolute atomic E-state index is 13.8. The molecular weight excluding hydrogens is 360 g/mol. The molecule has 0 fully saturated rings. The normalized spacial score (nSPS) is 11.1. The first-order chi connectivity index (χ1) is 9.97. The van der Waals surface area contributed by atoms with E-state index >= 15 is 0 Å². The Bertz CT molecular complexity index is 635. The molecule has 0 saturated carbocycles. The molecule has 0 radical (unpaired) electrons. The van der Waals surface area contributed by atoms with Crippen molar-refractivity contribution in [2.24, 2.45) is 0 Å². The van der Waals surface area contributed by atoms with E-state index in [0.717, 1.165) is 46.2 Å². The van der Waals surface area contributed by atoms with Crippen molar-refractivity contribution in [1.82, 2.24) is 9.78 Å². The van der Waals surface area contributed by atoms with E-state index < -0.39 is 11.6 Å². The highest BCUT2D eigenvalue weighted by Gasteiger charge is 2.17. The Labute approximate surface area is 135 Å². The average molecular weight is 376 g/mol. The van der Waals surface area contributed by atoms with Crippen molar-refractivity contribution in [3.63, 3.8) is 0 Å². The number of thioether (sulfide) groups is 1. The standard InChI is InChI=1S/C14H16BrF2N3S/c1-3-11-13(15)12(20(4-2)19-11)7-21-14-9(16)5-8(18)6-10(14)17/h5-6H,3-4,7,18H2,1-2H3. The second-order valence-corrected chi connectivity index (χ2v) is 6.26. The predicted molar refractivity (Wildman–Crippen MR) is 85.3 cm³/mol. The van der Waals surface area contributed by atoms with Gasteiger partial charge in [-0.25, -0.2) is 8.78 Å². The summed E-state index contributed by atoms with van der Waals surface area (Å²) in [5, 5.41) is 4.47. The van der Waals surface area contributed by atoms with Crippen LogP contribution in [-0.2, 0) is 18.7 Å². The van der Waals surface area contributed by atoms with Crippen LogP contribution in [0.2, 0.25) is 0 Å². The molecule has 0 saturated heterocycles. The summed E-state index contributed by atoms with van der Waals surface area (Å²) in [5.74, 6) is -0.835. The van der Waals surface area contributed by atoms with Crippen LogP contribution in [0.3, 0.4) is 0 Å². The van der Waals surface area contributed by atoms with E-state index in [9.17, 15) is 8.78 Å². The highest BCUT2D eigenvalue weighted by atomic mass is 79.9. The lowest BCUT2D eigenvalue weighted by Gasteiger charge is -2.08. The van der Waals surface area contributed by atoms with Gasteiger partial charge < -0.3 is 5.73 Å². The van der Waals surface area contributed by atoms with Gasteiger partial charge in [0.2, 0.25) is 0 Å². The van der Waals surface area contributed by atoms with Crippen molar-refractivity contribution in [2.45, 2.75) is 37.5 Å². The van der Waals surface area contributed by atoms with Crippen LogP contribution < -0.4 is 5.73 Å². The molecule has 2 N–H and O–H groups in total. The third-order valence-electron chi connectivity index (χ3n) is 3.07. The van der Waals surface area contributed by atoms with Crippen molar-refractivity contribution < 1.29 is 8.78 Å². The highest BCUT2D eigenvalue weighted by Crippen LogP contribution is 2.33. The third-order valence-corrected chi connectivity index (χ3v) is 5.08. The summed E-state index contributed by atoms with van der Waals surface area (Å²) in [7, 11) is 0. The third kappa shape index (κ3) is 3.40. The number of nitrogens with zero attached hydrogens (tertiary/aromatic N) is 2. The average Bonchev–Trinajstić information content (AvgIpc) is 2.73. The van der Waals surface area contributed by atoms with Gasteiger partial charge in [-0.15, -0.1) is 11.8 Å². The van der Waals surface area contributed by atoms with E-state index in [-0.39, 0.29) is 10.6 Å². The number of benzene rings is 1. The van der Waals surface area contributed by atoms with Crippen LogP contribution in [0.1, 0.15) is 25.2 Å². The van der Waals surface area contributed by atoms with E-state index in [1.807, 2.05) is 18.5 Å². The second kappa shape index (κ2) is 6.79. The largest absolute Gasteiger partial charge is 0.399 e. The Morgan fingerprint density at radius 2 is 1.90 bits per heavy atom. The van der Waals surface area contributed by atoms with Crippen LogP contribution in [0.15, 0.2) is 21.5 Å². The SMILES string of the molecule is CCc1nn(CC)c(CSc2c(F)cc(N)cc2F)c1Br. The Kier molecular flexibility index (Phi) is 5.27. The lowest BCUT2D eigenvalue weighted by atomic mass is 10.3. The first-order valence-corrected chi connectivity index (χ1v) is 8.37. The minimum atomic E-state index is -0.632. The Morgan fingerprint density at radius 3 is 2.43 bits per heavy atom. The van der Waals surface area contributed by atoms with Gasteiger partial charge in [-0.3, -0.25) is 4.68 Å². The van der Waals surface area contributed by atoms with E-state index in [1.165, 1.54) is 0 Å². The molecule has 7 heteroatoms. The molecular formula is C14H16BrF2N3S. The van der Waals surface area contributed by atoms with E-state index in [0.29, 0.717) is 12.3 Å². The van der Waals surface area contributed by atoms with E-state index in [4.69, 9.17) is 5.73 Å². The number of nitrogens with two attached hydrogens (primary N) is 1. The summed E-state index contributed by atoms with van der Waals surface area (Å²) in [6, 6.07) is 2.27. The first-order valence-electron chi connectivity index (χ1n) is 6.59. The summed E-state index contributed by atoms with van der Waals surface area (Å²) in [4.78, 5) is -0.0157. The van der Waals surface area contributed by atoms with Gasteiger partial charge in [0.1, 0.15) is 11.6 Å². The summed E-state index contributed by atoms with van der Waals surface area (Å²) >= 11 is 4.63. The second-order valence-electron chi connectivity index (χ2n) is 4.48. The zero-order chi connectivity index (χ0) is 15.6. The van der Waals surface area contributed by atoms with Gasteiger partial charge in [-0.2, -0.15) is 5.10 Å². The topological polar surface area (TPSA) is 43.8 Å². The van der Waals surface area contributed by atoms with Crippen molar-refractivity contribution in [3.05, 3.63) is 39.6 Å². The van der Waals surface area contributed by atoms with Crippen LogP contribution in [0.5, 0.6) is 0 Å². The minimum absolute atomic E-state index is 0.0157. The van der Waals surface area contributed by atoms with Crippen molar-refractivity contribution >= 4 is 33.4 Å². The summed E-state index contributed by atoms with van der Waals surface area (Å²) in [6.45, 7) is 4.71. The van der Waals surface area contributed by atoms with Crippen molar-refractivity contribution in [2.75, 3.05) is 5.73 Å². The molecule has 3 nitrogen and oxygen atoms in total. The molecule has 0 aliphatic carbocycles. The Morgan fingerprint density at radius 1 is 1.29 bits per heavy atom.